The first-order valence-corrected chi connectivity index (χ1v) is 10.3. The normalized spacial score (nSPS) is 15.7. The van der Waals surface area contributed by atoms with Crippen molar-refractivity contribution < 1.29 is 9.53 Å². The van der Waals surface area contributed by atoms with Gasteiger partial charge in [-0.1, -0.05) is 44.2 Å². The number of para-hydroxylation sites is 1. The standard InChI is InChI=1S/C22H31N5O2/c1-4-17(2)22(28)23-16-21-25-24-20-11-13-26(14-15-27(20)21)12-7-9-18-8-5-6-10-19(18)29-3/h5-10,17H,4,11-16H2,1-3H3,(H,23,28)/b9-7+. The van der Waals surface area contributed by atoms with E-state index in [2.05, 4.69) is 43.2 Å². The third-order valence-corrected chi connectivity index (χ3v) is 5.48. The summed E-state index contributed by atoms with van der Waals surface area (Å²) < 4.78 is 7.55. The first-order valence-electron chi connectivity index (χ1n) is 10.3. The lowest BCUT2D eigenvalue weighted by Crippen LogP contribution is -2.30. The summed E-state index contributed by atoms with van der Waals surface area (Å²) in [4.78, 5) is 14.4. The topological polar surface area (TPSA) is 72.3 Å². The molecule has 0 radical (unpaired) electrons. The van der Waals surface area contributed by atoms with Gasteiger partial charge in [0.25, 0.3) is 0 Å². The first-order chi connectivity index (χ1) is 14.1. The SMILES string of the molecule is CCC(C)C(=O)NCc1nnc2n1CCN(C/C=C/c1ccccc1OC)CC2. The minimum Gasteiger partial charge on any atom is -0.496 e. The molecule has 1 amide bonds. The van der Waals surface area contributed by atoms with Crippen LogP contribution in [0.3, 0.4) is 0 Å². The Morgan fingerprint density at radius 2 is 2.10 bits per heavy atom. The molecule has 7 heteroatoms. The van der Waals surface area contributed by atoms with Crippen molar-refractivity contribution in [2.45, 2.75) is 39.8 Å². The van der Waals surface area contributed by atoms with Crippen LogP contribution in [0.4, 0.5) is 0 Å². The number of methoxy groups -OCH3 is 1. The van der Waals surface area contributed by atoms with E-state index in [4.69, 9.17) is 4.74 Å². The van der Waals surface area contributed by atoms with Gasteiger partial charge in [-0.3, -0.25) is 9.69 Å². The molecule has 0 saturated heterocycles. The molecule has 1 unspecified atom stereocenters. The van der Waals surface area contributed by atoms with Crippen LogP contribution >= 0.6 is 0 Å². The second kappa shape index (κ2) is 10.2. The van der Waals surface area contributed by atoms with Crippen LogP contribution in [0.5, 0.6) is 5.75 Å². The molecule has 0 saturated carbocycles. The monoisotopic (exact) mass is 397 g/mol. The molecule has 0 aliphatic carbocycles. The van der Waals surface area contributed by atoms with Crippen LogP contribution in [0.25, 0.3) is 6.08 Å². The predicted molar refractivity (Wildman–Crippen MR) is 113 cm³/mol. The number of benzene rings is 1. The van der Waals surface area contributed by atoms with Gasteiger partial charge in [0, 0.05) is 44.1 Å². The quantitative estimate of drug-likeness (QED) is 0.741. The largest absolute Gasteiger partial charge is 0.496 e. The van der Waals surface area contributed by atoms with E-state index in [1.807, 2.05) is 32.0 Å². The van der Waals surface area contributed by atoms with E-state index in [-0.39, 0.29) is 11.8 Å². The van der Waals surface area contributed by atoms with E-state index < -0.39 is 0 Å². The van der Waals surface area contributed by atoms with Gasteiger partial charge in [0.1, 0.15) is 11.6 Å². The Labute approximate surface area is 172 Å². The van der Waals surface area contributed by atoms with Crippen molar-refractivity contribution in [3.63, 3.8) is 0 Å². The zero-order chi connectivity index (χ0) is 20.6. The van der Waals surface area contributed by atoms with Gasteiger partial charge in [0.2, 0.25) is 5.91 Å². The summed E-state index contributed by atoms with van der Waals surface area (Å²) in [6.07, 6.45) is 5.98. The summed E-state index contributed by atoms with van der Waals surface area (Å²) in [5, 5.41) is 11.6. The summed E-state index contributed by atoms with van der Waals surface area (Å²) in [7, 11) is 1.69. The van der Waals surface area contributed by atoms with E-state index in [0.717, 1.165) is 62.0 Å². The average Bonchev–Trinajstić information content (AvgIpc) is 3.03. The molecule has 29 heavy (non-hydrogen) atoms. The number of rotatable bonds is 8. The van der Waals surface area contributed by atoms with Crippen molar-refractivity contribution in [3.05, 3.63) is 47.6 Å². The predicted octanol–water partition coefficient (Wildman–Crippen LogP) is 2.52. The van der Waals surface area contributed by atoms with Crippen molar-refractivity contribution >= 4 is 12.0 Å². The molecular formula is C22H31N5O2. The molecule has 3 rings (SSSR count). The number of carbonyl (C=O) groups excluding carboxylic acids is 1. The molecule has 2 heterocycles. The van der Waals surface area contributed by atoms with E-state index in [1.54, 1.807) is 7.11 Å². The highest BCUT2D eigenvalue weighted by atomic mass is 16.5. The fraction of sp³-hybridized carbons (Fsp3) is 0.500. The number of carbonyl (C=O) groups is 1. The number of fused-ring (bicyclic) bond motifs is 1. The lowest BCUT2D eigenvalue weighted by Gasteiger charge is -2.17. The number of hydrogen-bond donors (Lipinski definition) is 1. The van der Waals surface area contributed by atoms with Crippen LogP contribution in [0.2, 0.25) is 0 Å². The molecule has 1 aliphatic rings. The highest BCUT2D eigenvalue weighted by Crippen LogP contribution is 2.18. The Morgan fingerprint density at radius 3 is 2.90 bits per heavy atom. The minimum absolute atomic E-state index is 0.0204. The molecule has 1 N–H and O–H groups in total. The Bertz CT molecular complexity index is 845. The maximum absolute atomic E-state index is 12.0. The molecular weight excluding hydrogens is 366 g/mol. The lowest BCUT2D eigenvalue weighted by atomic mass is 10.1. The van der Waals surface area contributed by atoms with Crippen molar-refractivity contribution in [2.75, 3.05) is 26.7 Å². The molecule has 0 spiro atoms. The Balaban J connectivity index is 1.55. The van der Waals surface area contributed by atoms with Gasteiger partial charge >= 0.3 is 0 Å². The van der Waals surface area contributed by atoms with Crippen molar-refractivity contribution in [2.24, 2.45) is 5.92 Å². The maximum atomic E-state index is 12.0. The fourth-order valence-electron chi connectivity index (χ4n) is 3.40. The molecule has 0 fully saturated rings. The molecule has 1 atom stereocenters. The smallest absolute Gasteiger partial charge is 0.223 e. The van der Waals surface area contributed by atoms with Crippen LogP contribution in [0.1, 0.15) is 37.5 Å². The summed E-state index contributed by atoms with van der Waals surface area (Å²) in [6.45, 7) is 7.96. The number of hydrogen-bond acceptors (Lipinski definition) is 5. The van der Waals surface area contributed by atoms with E-state index >= 15 is 0 Å². The number of nitrogens with one attached hydrogen (secondary N) is 1. The first kappa shape index (κ1) is 21.0. The van der Waals surface area contributed by atoms with Gasteiger partial charge in [-0.15, -0.1) is 10.2 Å². The van der Waals surface area contributed by atoms with Crippen LogP contribution in [-0.4, -0.2) is 52.3 Å². The number of ether oxygens (including phenoxy) is 1. The number of nitrogens with zero attached hydrogens (tertiary/aromatic N) is 4. The Hall–Kier alpha value is -2.67. The van der Waals surface area contributed by atoms with Crippen molar-refractivity contribution in [1.82, 2.24) is 25.0 Å². The van der Waals surface area contributed by atoms with Crippen molar-refractivity contribution in [1.29, 1.82) is 0 Å². The molecule has 0 bridgehead atoms. The summed E-state index contributed by atoms with van der Waals surface area (Å²) in [5.74, 6) is 2.81. The van der Waals surface area contributed by atoms with Crippen LogP contribution in [0, 0.1) is 5.92 Å². The zero-order valence-electron chi connectivity index (χ0n) is 17.6. The molecule has 156 valence electrons. The third kappa shape index (κ3) is 5.44. The van der Waals surface area contributed by atoms with Gasteiger partial charge in [0.05, 0.1) is 13.7 Å². The van der Waals surface area contributed by atoms with Crippen LogP contribution in [0.15, 0.2) is 30.3 Å². The molecule has 1 aromatic heterocycles. The number of aromatic nitrogens is 3. The highest BCUT2D eigenvalue weighted by Gasteiger charge is 2.19. The summed E-state index contributed by atoms with van der Waals surface area (Å²) in [5.41, 5.74) is 1.08. The fourth-order valence-corrected chi connectivity index (χ4v) is 3.40. The Morgan fingerprint density at radius 1 is 1.28 bits per heavy atom. The third-order valence-electron chi connectivity index (χ3n) is 5.48. The average molecular weight is 398 g/mol. The molecule has 2 aromatic rings. The van der Waals surface area contributed by atoms with E-state index in [0.29, 0.717) is 6.54 Å². The maximum Gasteiger partial charge on any atom is 0.223 e. The highest BCUT2D eigenvalue weighted by molar-refractivity contribution is 5.78. The molecule has 7 nitrogen and oxygen atoms in total. The van der Waals surface area contributed by atoms with Gasteiger partial charge in [-0.25, -0.2) is 0 Å². The summed E-state index contributed by atoms with van der Waals surface area (Å²) >= 11 is 0. The van der Waals surface area contributed by atoms with Gasteiger partial charge in [-0.2, -0.15) is 0 Å². The van der Waals surface area contributed by atoms with Gasteiger partial charge < -0.3 is 14.6 Å². The second-order valence-electron chi connectivity index (χ2n) is 7.41. The van der Waals surface area contributed by atoms with E-state index in [1.165, 1.54) is 0 Å². The molecule has 1 aliphatic heterocycles. The Kier molecular flexibility index (Phi) is 7.41. The summed E-state index contributed by atoms with van der Waals surface area (Å²) in [6, 6.07) is 8.02. The van der Waals surface area contributed by atoms with Crippen molar-refractivity contribution in [3.8, 4) is 5.75 Å². The van der Waals surface area contributed by atoms with Crippen LogP contribution in [-0.2, 0) is 24.3 Å². The van der Waals surface area contributed by atoms with E-state index in [9.17, 15) is 4.79 Å². The van der Waals surface area contributed by atoms with Crippen LogP contribution < -0.4 is 10.1 Å². The second-order valence-corrected chi connectivity index (χ2v) is 7.41. The van der Waals surface area contributed by atoms with Gasteiger partial charge in [0.15, 0.2) is 5.82 Å². The lowest BCUT2D eigenvalue weighted by molar-refractivity contribution is -0.124. The number of amides is 1. The zero-order valence-corrected chi connectivity index (χ0v) is 17.6. The molecule has 1 aromatic carbocycles. The van der Waals surface area contributed by atoms with Gasteiger partial charge in [-0.05, 0) is 12.5 Å². The minimum atomic E-state index is 0.0204.